The van der Waals surface area contributed by atoms with Crippen LogP contribution in [0.15, 0.2) is 30.3 Å². The molecule has 0 bridgehead atoms. The average molecular weight is 620 g/mol. The van der Waals surface area contributed by atoms with Gasteiger partial charge in [-0.1, -0.05) is 31.9 Å². The third kappa shape index (κ3) is 7.60. The first-order chi connectivity index (χ1) is 16.7. The van der Waals surface area contributed by atoms with Gasteiger partial charge >= 0.3 is 17.9 Å². The first-order valence-electron chi connectivity index (χ1n) is 11.3. The largest absolute Gasteiger partial charge is 0.465 e. The van der Waals surface area contributed by atoms with Crippen LogP contribution in [0, 0.1) is 5.82 Å². The van der Waals surface area contributed by atoms with Gasteiger partial charge in [0.1, 0.15) is 16.3 Å². The number of hydrogen-bond acceptors (Lipinski definition) is 7. The van der Waals surface area contributed by atoms with Crippen molar-refractivity contribution in [2.45, 2.75) is 50.4 Å². The van der Waals surface area contributed by atoms with Crippen molar-refractivity contribution < 1.29 is 33.0 Å². The molecule has 1 fully saturated rings. The normalized spacial score (nSPS) is 14.2. The molecular weight excluding hydrogens is 591 g/mol. The summed E-state index contributed by atoms with van der Waals surface area (Å²) in [5.41, 5.74) is 0.340. The summed E-state index contributed by atoms with van der Waals surface area (Å²) in [6.45, 7) is 6.14. The molecule has 0 spiro atoms. The Bertz CT molecular complexity index is 1010. The number of halogens is 3. The van der Waals surface area contributed by atoms with Crippen LogP contribution in [-0.4, -0.2) is 57.7 Å². The molecular formula is C24H29Br2FN2O6. The van der Waals surface area contributed by atoms with E-state index in [1.807, 2.05) is 0 Å². The van der Waals surface area contributed by atoms with Gasteiger partial charge in [0, 0.05) is 10.9 Å². The molecule has 35 heavy (non-hydrogen) atoms. The van der Waals surface area contributed by atoms with Crippen LogP contribution in [-0.2, 0) is 29.3 Å². The van der Waals surface area contributed by atoms with Crippen molar-refractivity contribution in [3.63, 3.8) is 0 Å². The van der Waals surface area contributed by atoms with Crippen LogP contribution in [0.2, 0.25) is 0 Å². The van der Waals surface area contributed by atoms with Crippen molar-refractivity contribution in [1.29, 1.82) is 0 Å². The topological polar surface area (TPSA) is 96.7 Å². The molecule has 1 aliphatic rings. The van der Waals surface area contributed by atoms with Crippen molar-refractivity contribution in [3.05, 3.63) is 41.8 Å². The lowest BCUT2D eigenvalue weighted by Crippen LogP contribution is -2.33. The fourth-order valence-corrected chi connectivity index (χ4v) is 4.59. The standard InChI is InChI=1S/C18H19FN2O4.C6H10Br2O2/c1-3-24-16(22)15-11-14(12-5-7-13(19)8-6-12)20-21(15)18(9-10-18)17(23)25-4-2;1-2-10-6(9)5(8)3-4-7/h5-8,11H,3-4,9-10H2,1-2H3;5H,2-4H2,1H3. The van der Waals surface area contributed by atoms with Crippen LogP contribution < -0.4 is 0 Å². The molecule has 11 heteroatoms. The van der Waals surface area contributed by atoms with E-state index in [0.29, 0.717) is 30.7 Å². The van der Waals surface area contributed by atoms with E-state index in [2.05, 4.69) is 37.0 Å². The van der Waals surface area contributed by atoms with Gasteiger partial charge in [0.25, 0.3) is 0 Å². The van der Waals surface area contributed by atoms with Gasteiger partial charge in [-0.15, -0.1) is 0 Å². The first kappa shape index (κ1) is 29.0. The maximum atomic E-state index is 13.1. The molecule has 1 aliphatic carbocycles. The van der Waals surface area contributed by atoms with Gasteiger partial charge in [-0.2, -0.15) is 5.10 Å². The van der Waals surface area contributed by atoms with Crippen LogP contribution in [0.1, 0.15) is 50.5 Å². The Morgan fingerprint density at radius 2 is 1.66 bits per heavy atom. The third-order valence-corrected chi connectivity index (χ3v) is 6.31. The molecule has 192 valence electrons. The number of aromatic nitrogens is 2. The lowest BCUT2D eigenvalue weighted by atomic mass is 10.1. The highest BCUT2D eigenvalue weighted by Crippen LogP contribution is 2.45. The lowest BCUT2D eigenvalue weighted by Gasteiger charge is -2.16. The maximum absolute atomic E-state index is 13.1. The van der Waals surface area contributed by atoms with Gasteiger partial charge in [-0.25, -0.2) is 18.7 Å². The Hall–Kier alpha value is -2.27. The van der Waals surface area contributed by atoms with Crippen LogP contribution in [0.25, 0.3) is 11.3 Å². The number of ether oxygens (including phenoxy) is 3. The summed E-state index contributed by atoms with van der Waals surface area (Å²) < 4.78 is 29.5. The minimum absolute atomic E-state index is 0.160. The zero-order valence-corrected chi connectivity index (χ0v) is 23.1. The van der Waals surface area contributed by atoms with E-state index in [4.69, 9.17) is 14.2 Å². The average Bonchev–Trinajstić information content (AvgIpc) is 3.52. The highest BCUT2D eigenvalue weighted by Gasteiger charge is 2.56. The molecule has 0 saturated heterocycles. The highest BCUT2D eigenvalue weighted by atomic mass is 79.9. The van der Waals surface area contributed by atoms with Gasteiger partial charge in [-0.05, 0) is 70.4 Å². The number of carbonyl (C=O) groups is 3. The molecule has 1 aromatic carbocycles. The molecule has 2 aromatic rings. The molecule has 1 atom stereocenters. The molecule has 1 heterocycles. The van der Waals surface area contributed by atoms with Gasteiger partial charge in [-0.3, -0.25) is 4.79 Å². The highest BCUT2D eigenvalue weighted by molar-refractivity contribution is 9.10. The van der Waals surface area contributed by atoms with Gasteiger partial charge in [0.05, 0.1) is 25.5 Å². The molecule has 8 nitrogen and oxygen atoms in total. The molecule has 0 N–H and O–H groups in total. The Morgan fingerprint density at radius 3 is 2.17 bits per heavy atom. The number of carbonyl (C=O) groups excluding carboxylic acids is 3. The second-order valence-corrected chi connectivity index (χ2v) is 9.40. The minimum atomic E-state index is -0.962. The van der Waals surface area contributed by atoms with Crippen LogP contribution in [0.4, 0.5) is 4.39 Å². The maximum Gasteiger partial charge on any atom is 0.356 e. The van der Waals surface area contributed by atoms with E-state index in [-0.39, 0.29) is 35.5 Å². The number of esters is 3. The fourth-order valence-electron chi connectivity index (χ4n) is 3.15. The first-order valence-corrected chi connectivity index (χ1v) is 13.3. The smallest absolute Gasteiger partial charge is 0.356 e. The lowest BCUT2D eigenvalue weighted by molar-refractivity contribution is -0.149. The Morgan fingerprint density at radius 1 is 1.06 bits per heavy atom. The molecule has 1 saturated carbocycles. The van der Waals surface area contributed by atoms with E-state index in [1.54, 1.807) is 39.0 Å². The second-order valence-electron chi connectivity index (χ2n) is 7.50. The van der Waals surface area contributed by atoms with Gasteiger partial charge in [0.15, 0.2) is 5.54 Å². The summed E-state index contributed by atoms with van der Waals surface area (Å²) in [4.78, 5) is 35.4. The number of benzene rings is 1. The van der Waals surface area contributed by atoms with E-state index in [0.717, 1.165) is 11.8 Å². The van der Waals surface area contributed by atoms with Crippen molar-refractivity contribution in [3.8, 4) is 11.3 Å². The monoisotopic (exact) mass is 618 g/mol. The number of alkyl halides is 2. The Labute approximate surface area is 220 Å². The Balaban J connectivity index is 0.000000367. The molecule has 0 aliphatic heterocycles. The van der Waals surface area contributed by atoms with Crippen molar-refractivity contribution in [1.82, 2.24) is 9.78 Å². The van der Waals surface area contributed by atoms with Gasteiger partial charge in [0.2, 0.25) is 0 Å². The fraction of sp³-hybridized carbons (Fsp3) is 0.500. The summed E-state index contributed by atoms with van der Waals surface area (Å²) >= 11 is 6.43. The van der Waals surface area contributed by atoms with Crippen molar-refractivity contribution >= 4 is 49.8 Å². The predicted molar refractivity (Wildman–Crippen MR) is 135 cm³/mol. The summed E-state index contributed by atoms with van der Waals surface area (Å²) in [7, 11) is 0. The van der Waals surface area contributed by atoms with Crippen LogP contribution >= 0.6 is 31.9 Å². The number of nitrogens with zero attached hydrogens (tertiary/aromatic N) is 2. The summed E-state index contributed by atoms with van der Waals surface area (Å²) in [6.07, 6.45) is 1.85. The molecule has 1 aromatic heterocycles. The van der Waals surface area contributed by atoms with E-state index in [9.17, 15) is 18.8 Å². The van der Waals surface area contributed by atoms with E-state index >= 15 is 0 Å². The SMILES string of the molecule is CCOC(=O)C(Br)CCBr.CCOC(=O)c1cc(-c2ccc(F)cc2)nn1C1(C(=O)OCC)CC1. The van der Waals surface area contributed by atoms with Crippen molar-refractivity contribution in [2.75, 3.05) is 25.2 Å². The van der Waals surface area contributed by atoms with Gasteiger partial charge < -0.3 is 14.2 Å². The quantitative estimate of drug-likeness (QED) is 0.209. The third-order valence-electron chi connectivity index (χ3n) is 5.02. The minimum Gasteiger partial charge on any atom is -0.465 e. The van der Waals surface area contributed by atoms with Crippen LogP contribution in [0.3, 0.4) is 0 Å². The summed E-state index contributed by atoms with van der Waals surface area (Å²) in [5, 5.41) is 5.25. The second kappa shape index (κ2) is 13.7. The number of hydrogen-bond donors (Lipinski definition) is 0. The molecule has 0 amide bonds. The summed E-state index contributed by atoms with van der Waals surface area (Å²) in [5.74, 6) is -1.51. The number of rotatable bonds is 10. The zero-order valence-electron chi connectivity index (χ0n) is 19.9. The Kier molecular flexibility index (Phi) is 11.4. The van der Waals surface area contributed by atoms with Crippen LogP contribution in [0.5, 0.6) is 0 Å². The van der Waals surface area contributed by atoms with E-state index < -0.39 is 17.5 Å². The van der Waals surface area contributed by atoms with E-state index in [1.165, 1.54) is 16.8 Å². The van der Waals surface area contributed by atoms with Crippen molar-refractivity contribution in [2.24, 2.45) is 0 Å². The summed E-state index contributed by atoms with van der Waals surface area (Å²) in [6, 6.07) is 7.33. The molecule has 3 rings (SSSR count). The predicted octanol–water partition coefficient (Wildman–Crippen LogP) is 5.02. The zero-order chi connectivity index (χ0) is 26.0. The molecule has 0 radical (unpaired) electrons. The molecule has 1 unspecified atom stereocenters.